The van der Waals surface area contributed by atoms with E-state index in [1.165, 1.54) is 25.0 Å². The first-order valence-electron chi connectivity index (χ1n) is 4.60. The summed E-state index contributed by atoms with van der Waals surface area (Å²) in [5.41, 5.74) is 2.26. The van der Waals surface area contributed by atoms with E-state index in [0.29, 0.717) is 10.8 Å². The van der Waals surface area contributed by atoms with Crippen LogP contribution < -0.4 is 0 Å². The van der Waals surface area contributed by atoms with Crippen LogP contribution in [0.25, 0.3) is 0 Å². The molecule has 3 saturated carbocycles. The van der Waals surface area contributed by atoms with Gasteiger partial charge in [-0.05, 0) is 40.6 Å². The van der Waals surface area contributed by atoms with Gasteiger partial charge >= 0.3 is 0 Å². The fourth-order valence-corrected chi connectivity index (χ4v) is 3.36. The van der Waals surface area contributed by atoms with Crippen molar-refractivity contribution in [2.75, 3.05) is 0 Å². The molecule has 3 aliphatic rings. The summed E-state index contributed by atoms with van der Waals surface area (Å²) in [6, 6.07) is 0. The Morgan fingerprint density at radius 1 is 1.23 bits per heavy atom. The zero-order valence-electron chi connectivity index (χ0n) is 7.55. The molecule has 3 heteroatoms. The van der Waals surface area contributed by atoms with Crippen LogP contribution in [0.4, 0.5) is 0 Å². The number of hydrogen-bond donors (Lipinski definition) is 0. The van der Waals surface area contributed by atoms with Crippen molar-refractivity contribution >= 4 is 15.9 Å². The molecule has 0 radical (unpaired) electrons. The molecule has 0 aromatic carbocycles. The quantitative estimate of drug-likeness (QED) is 0.752. The van der Waals surface area contributed by atoms with Crippen LogP contribution in [-0.4, -0.2) is 9.97 Å². The molecule has 1 aromatic heterocycles. The van der Waals surface area contributed by atoms with Crippen molar-refractivity contribution < 1.29 is 0 Å². The number of nitrogens with zero attached hydrogens (tertiary/aromatic N) is 2. The van der Waals surface area contributed by atoms with Gasteiger partial charge in [-0.2, -0.15) is 0 Å². The van der Waals surface area contributed by atoms with Gasteiger partial charge < -0.3 is 0 Å². The van der Waals surface area contributed by atoms with Crippen LogP contribution in [0, 0.1) is 5.41 Å². The lowest BCUT2D eigenvalue weighted by molar-refractivity contribution is -0.128. The second-order valence-corrected chi connectivity index (χ2v) is 5.66. The lowest BCUT2D eigenvalue weighted by Gasteiger charge is -2.69. The molecule has 13 heavy (non-hydrogen) atoms. The molecule has 0 spiro atoms. The summed E-state index contributed by atoms with van der Waals surface area (Å²) in [6.45, 7) is 2.36. The van der Waals surface area contributed by atoms with Gasteiger partial charge in [0.25, 0.3) is 0 Å². The minimum absolute atomic E-state index is 0.419. The smallest absolute Gasteiger partial charge is 0.124 e. The Kier molecular flexibility index (Phi) is 1.30. The Morgan fingerprint density at radius 2 is 1.92 bits per heavy atom. The highest BCUT2D eigenvalue weighted by molar-refractivity contribution is 9.10. The summed E-state index contributed by atoms with van der Waals surface area (Å²) >= 11 is 3.30. The molecule has 3 fully saturated rings. The SMILES string of the molecule is CC12CC(c3cnc(Br)cn3)(C1)C2. The van der Waals surface area contributed by atoms with Crippen molar-refractivity contribution in [2.45, 2.75) is 31.6 Å². The van der Waals surface area contributed by atoms with E-state index < -0.39 is 0 Å². The number of aromatic nitrogens is 2. The predicted octanol–water partition coefficient (Wildman–Crippen LogP) is 2.68. The molecule has 0 amide bonds. The maximum atomic E-state index is 4.43. The number of hydrogen-bond acceptors (Lipinski definition) is 2. The Hall–Kier alpha value is -0.440. The monoisotopic (exact) mass is 238 g/mol. The Bertz CT molecular complexity index is 338. The van der Waals surface area contributed by atoms with E-state index in [2.05, 4.69) is 32.8 Å². The van der Waals surface area contributed by atoms with E-state index in [-0.39, 0.29) is 0 Å². The van der Waals surface area contributed by atoms with Crippen LogP contribution in [0.3, 0.4) is 0 Å². The van der Waals surface area contributed by atoms with Gasteiger partial charge in [0.2, 0.25) is 0 Å². The third-order valence-electron chi connectivity index (χ3n) is 3.46. The molecule has 2 bridgehead atoms. The first-order chi connectivity index (χ1) is 6.12. The highest BCUT2D eigenvalue weighted by atomic mass is 79.9. The highest BCUT2D eigenvalue weighted by Crippen LogP contribution is 2.72. The summed E-state index contributed by atoms with van der Waals surface area (Å²) in [6.07, 6.45) is 7.67. The molecule has 2 nitrogen and oxygen atoms in total. The molecule has 1 aromatic rings. The van der Waals surface area contributed by atoms with Gasteiger partial charge in [0.05, 0.1) is 18.1 Å². The van der Waals surface area contributed by atoms with Gasteiger partial charge in [-0.15, -0.1) is 0 Å². The highest BCUT2D eigenvalue weighted by Gasteiger charge is 2.66. The normalized spacial score (nSPS) is 40.8. The average molecular weight is 239 g/mol. The Morgan fingerprint density at radius 3 is 2.38 bits per heavy atom. The van der Waals surface area contributed by atoms with E-state index in [0.717, 1.165) is 4.60 Å². The van der Waals surface area contributed by atoms with E-state index in [9.17, 15) is 0 Å². The van der Waals surface area contributed by atoms with Crippen LogP contribution in [0.1, 0.15) is 31.9 Å². The molecule has 0 aliphatic heterocycles. The molecule has 68 valence electrons. The molecular formula is C10H11BrN2. The fraction of sp³-hybridized carbons (Fsp3) is 0.600. The zero-order valence-corrected chi connectivity index (χ0v) is 9.13. The lowest BCUT2D eigenvalue weighted by atomic mass is 9.35. The van der Waals surface area contributed by atoms with Crippen LogP contribution in [-0.2, 0) is 5.41 Å². The molecule has 1 heterocycles. The predicted molar refractivity (Wildman–Crippen MR) is 53.4 cm³/mol. The molecule has 0 saturated heterocycles. The van der Waals surface area contributed by atoms with Crippen molar-refractivity contribution in [1.29, 1.82) is 0 Å². The van der Waals surface area contributed by atoms with E-state index in [4.69, 9.17) is 0 Å². The van der Waals surface area contributed by atoms with Crippen LogP contribution in [0.2, 0.25) is 0 Å². The van der Waals surface area contributed by atoms with Crippen molar-refractivity contribution in [3.8, 4) is 0 Å². The first kappa shape index (κ1) is 7.92. The third kappa shape index (κ3) is 0.938. The van der Waals surface area contributed by atoms with E-state index in [1.807, 2.05) is 6.20 Å². The van der Waals surface area contributed by atoms with Gasteiger partial charge in [-0.3, -0.25) is 4.98 Å². The minimum atomic E-state index is 0.419. The summed E-state index contributed by atoms with van der Waals surface area (Å²) in [4.78, 5) is 8.66. The summed E-state index contributed by atoms with van der Waals surface area (Å²) in [5, 5.41) is 0. The van der Waals surface area contributed by atoms with Crippen LogP contribution in [0.5, 0.6) is 0 Å². The molecular weight excluding hydrogens is 228 g/mol. The van der Waals surface area contributed by atoms with Gasteiger partial charge in [0.1, 0.15) is 4.60 Å². The summed E-state index contributed by atoms with van der Waals surface area (Å²) in [7, 11) is 0. The van der Waals surface area contributed by atoms with Crippen molar-refractivity contribution in [3.63, 3.8) is 0 Å². The molecule has 4 rings (SSSR count). The zero-order chi connectivity index (χ0) is 9.10. The van der Waals surface area contributed by atoms with E-state index >= 15 is 0 Å². The summed E-state index contributed by atoms with van der Waals surface area (Å²) in [5.74, 6) is 0. The average Bonchev–Trinajstić information content (AvgIpc) is 1.99. The van der Waals surface area contributed by atoms with Crippen LogP contribution in [0.15, 0.2) is 17.0 Å². The van der Waals surface area contributed by atoms with E-state index in [1.54, 1.807) is 6.20 Å². The first-order valence-corrected chi connectivity index (χ1v) is 5.39. The fourth-order valence-electron chi connectivity index (χ4n) is 3.15. The summed E-state index contributed by atoms with van der Waals surface area (Å²) < 4.78 is 0.828. The van der Waals surface area contributed by atoms with Crippen molar-refractivity contribution in [3.05, 3.63) is 22.7 Å². The molecule has 0 atom stereocenters. The van der Waals surface area contributed by atoms with Gasteiger partial charge in [-0.1, -0.05) is 6.92 Å². The lowest BCUT2D eigenvalue weighted by Crippen LogP contribution is -2.63. The maximum Gasteiger partial charge on any atom is 0.124 e. The third-order valence-corrected chi connectivity index (χ3v) is 3.87. The Balaban J connectivity index is 1.91. The van der Waals surface area contributed by atoms with Gasteiger partial charge in [0, 0.05) is 5.41 Å². The largest absolute Gasteiger partial charge is 0.256 e. The Labute approximate surface area is 85.9 Å². The number of rotatable bonds is 1. The standard InChI is InChI=1S/C10H11BrN2/c1-9-4-10(5-9,6-9)7-2-13-8(11)3-12-7/h2-3H,4-6H2,1H3. The second kappa shape index (κ2) is 2.14. The van der Waals surface area contributed by atoms with Crippen LogP contribution >= 0.6 is 15.9 Å². The van der Waals surface area contributed by atoms with Gasteiger partial charge in [-0.25, -0.2) is 4.98 Å². The van der Waals surface area contributed by atoms with Gasteiger partial charge in [0.15, 0.2) is 0 Å². The maximum absolute atomic E-state index is 4.43. The molecule has 0 unspecified atom stereocenters. The van der Waals surface area contributed by atoms with Crippen molar-refractivity contribution in [2.24, 2.45) is 5.41 Å². The molecule has 3 aliphatic carbocycles. The van der Waals surface area contributed by atoms with Crippen molar-refractivity contribution in [1.82, 2.24) is 9.97 Å². The minimum Gasteiger partial charge on any atom is -0.256 e. The number of halogens is 1. The molecule has 0 N–H and O–H groups in total. The second-order valence-electron chi connectivity index (χ2n) is 4.85. The topological polar surface area (TPSA) is 25.8 Å².